The largest absolute Gasteiger partial charge is 0.300 e. The summed E-state index contributed by atoms with van der Waals surface area (Å²) in [7, 11) is 0. The first-order valence-electron chi connectivity index (χ1n) is 3.38. The highest BCUT2D eigenvalue weighted by Crippen LogP contribution is 2.14. The van der Waals surface area contributed by atoms with E-state index < -0.39 is 5.50 Å². The van der Waals surface area contributed by atoms with Crippen molar-refractivity contribution in [3.05, 3.63) is 30.3 Å². The molecule has 4 heteroatoms. The van der Waals surface area contributed by atoms with Crippen LogP contribution < -0.4 is 5.06 Å². The zero-order valence-corrected chi connectivity index (χ0v) is 6.98. The number of carbonyl (C=O) groups excluding carboxylic acids is 1. The van der Waals surface area contributed by atoms with Crippen molar-refractivity contribution in [2.24, 2.45) is 0 Å². The summed E-state index contributed by atoms with van der Waals surface area (Å²) in [6, 6.07) is 8.60. The monoisotopic (exact) mass is 185 g/mol. The van der Waals surface area contributed by atoms with Crippen LogP contribution in [0.1, 0.15) is 0 Å². The number of nitrogens with zero attached hydrogens (tertiary/aromatic N) is 1. The van der Waals surface area contributed by atoms with Gasteiger partial charge in [0, 0.05) is 0 Å². The second-order valence-electron chi connectivity index (χ2n) is 2.19. The molecule has 0 heterocycles. The van der Waals surface area contributed by atoms with E-state index in [-0.39, 0.29) is 0 Å². The molecule has 0 spiro atoms. The summed E-state index contributed by atoms with van der Waals surface area (Å²) >= 11 is 5.46. The van der Waals surface area contributed by atoms with E-state index in [0.29, 0.717) is 17.0 Å². The van der Waals surface area contributed by atoms with Gasteiger partial charge in [-0.05, 0) is 12.1 Å². The molecule has 0 unspecified atom stereocenters. The van der Waals surface area contributed by atoms with Crippen molar-refractivity contribution in [1.29, 1.82) is 0 Å². The minimum absolute atomic E-state index is 0.453. The normalized spacial score (nSPS) is 12.2. The van der Waals surface area contributed by atoms with Crippen LogP contribution in [0.15, 0.2) is 30.3 Å². The van der Waals surface area contributed by atoms with Crippen molar-refractivity contribution < 1.29 is 10.0 Å². The molecule has 0 fully saturated rings. The van der Waals surface area contributed by atoms with Crippen LogP contribution in [-0.4, -0.2) is 17.0 Å². The summed E-state index contributed by atoms with van der Waals surface area (Å²) in [5.74, 6) is 0. The first kappa shape index (κ1) is 9.03. The molecule has 1 N–H and O–H groups in total. The Morgan fingerprint density at radius 3 is 2.50 bits per heavy atom. The van der Waals surface area contributed by atoms with Gasteiger partial charge in [0.15, 0.2) is 11.8 Å². The number of hydrogen-bond acceptors (Lipinski definition) is 3. The van der Waals surface area contributed by atoms with E-state index in [1.807, 2.05) is 6.07 Å². The van der Waals surface area contributed by atoms with Gasteiger partial charge in [0.05, 0.1) is 5.69 Å². The number of para-hydroxylation sites is 1. The predicted octanol–water partition coefficient (Wildman–Crippen LogP) is 1.65. The number of aldehydes is 1. The van der Waals surface area contributed by atoms with Gasteiger partial charge < -0.3 is 0 Å². The average molecular weight is 186 g/mol. The number of alkyl halides is 1. The Balaban J connectivity index is 2.78. The number of hydroxylamine groups is 1. The van der Waals surface area contributed by atoms with Crippen molar-refractivity contribution in [1.82, 2.24) is 0 Å². The molecular formula is C8H8ClNO2. The molecule has 0 amide bonds. The van der Waals surface area contributed by atoms with E-state index in [0.717, 1.165) is 0 Å². The van der Waals surface area contributed by atoms with E-state index in [1.54, 1.807) is 24.3 Å². The lowest BCUT2D eigenvalue weighted by Gasteiger charge is -2.17. The fourth-order valence-electron chi connectivity index (χ4n) is 0.781. The lowest BCUT2D eigenvalue weighted by Crippen LogP contribution is -2.28. The highest BCUT2D eigenvalue weighted by molar-refractivity contribution is 6.28. The van der Waals surface area contributed by atoms with Crippen molar-refractivity contribution in [3.63, 3.8) is 0 Å². The zero-order valence-electron chi connectivity index (χ0n) is 6.22. The van der Waals surface area contributed by atoms with Gasteiger partial charge >= 0.3 is 0 Å². The molecule has 0 aliphatic carbocycles. The maximum Gasteiger partial charge on any atom is 0.184 e. The fourth-order valence-corrected chi connectivity index (χ4v) is 0.893. The summed E-state index contributed by atoms with van der Waals surface area (Å²) in [5.41, 5.74) is -0.544. The average Bonchev–Trinajstić information content (AvgIpc) is 2.17. The third-order valence-corrected chi connectivity index (χ3v) is 1.65. The number of benzene rings is 1. The smallest absolute Gasteiger partial charge is 0.184 e. The van der Waals surface area contributed by atoms with Crippen molar-refractivity contribution in [3.8, 4) is 0 Å². The van der Waals surface area contributed by atoms with E-state index in [4.69, 9.17) is 11.6 Å². The number of carbonyl (C=O) groups is 1. The lowest BCUT2D eigenvalue weighted by molar-refractivity contribution is -0.108. The lowest BCUT2D eigenvalue weighted by atomic mass is 10.3. The third-order valence-electron chi connectivity index (χ3n) is 1.37. The molecule has 0 radical (unpaired) electrons. The molecule has 0 bridgehead atoms. The Bertz CT molecular complexity index is 252. The molecule has 0 saturated carbocycles. The molecular weight excluding hydrogens is 178 g/mol. The minimum atomic E-state index is -1.03. The van der Waals surface area contributed by atoms with E-state index in [2.05, 4.69) is 0 Å². The van der Waals surface area contributed by atoms with Crippen LogP contribution in [0.4, 0.5) is 5.69 Å². The summed E-state index contributed by atoms with van der Waals surface area (Å²) in [6.45, 7) is 0. The molecule has 1 aromatic rings. The summed E-state index contributed by atoms with van der Waals surface area (Å²) in [6.07, 6.45) is 0.453. The van der Waals surface area contributed by atoms with Gasteiger partial charge in [-0.15, -0.1) is 0 Å². The Kier molecular flexibility index (Phi) is 3.08. The molecule has 0 aliphatic heterocycles. The molecule has 12 heavy (non-hydrogen) atoms. The van der Waals surface area contributed by atoms with Gasteiger partial charge in [0.1, 0.15) is 0 Å². The van der Waals surface area contributed by atoms with Crippen LogP contribution in [0.3, 0.4) is 0 Å². The second kappa shape index (κ2) is 4.09. The van der Waals surface area contributed by atoms with Gasteiger partial charge in [-0.3, -0.25) is 10.0 Å². The standard InChI is InChI=1S/C8H8ClNO2/c9-8(6-11)10(12)7-4-2-1-3-5-7/h1-6,8,12H/t8-/m1/s1. The molecule has 1 aromatic carbocycles. The van der Waals surface area contributed by atoms with Crippen molar-refractivity contribution in [2.75, 3.05) is 5.06 Å². The molecule has 1 atom stereocenters. The quantitative estimate of drug-likeness (QED) is 0.337. The van der Waals surface area contributed by atoms with Gasteiger partial charge in [-0.1, -0.05) is 29.8 Å². The van der Waals surface area contributed by atoms with Gasteiger partial charge in [0.25, 0.3) is 0 Å². The Hall–Kier alpha value is -1.06. The van der Waals surface area contributed by atoms with Crippen LogP contribution in [-0.2, 0) is 4.79 Å². The molecule has 0 aliphatic rings. The summed E-state index contributed by atoms with van der Waals surface area (Å²) in [5, 5.41) is 9.96. The fraction of sp³-hybridized carbons (Fsp3) is 0.125. The van der Waals surface area contributed by atoms with Gasteiger partial charge in [-0.25, -0.2) is 5.06 Å². The maximum atomic E-state index is 10.2. The first-order valence-corrected chi connectivity index (χ1v) is 3.82. The van der Waals surface area contributed by atoms with Gasteiger partial charge in [0.2, 0.25) is 0 Å². The molecule has 3 nitrogen and oxygen atoms in total. The highest BCUT2D eigenvalue weighted by atomic mass is 35.5. The maximum absolute atomic E-state index is 10.2. The van der Waals surface area contributed by atoms with Crippen LogP contribution in [0.5, 0.6) is 0 Å². The second-order valence-corrected chi connectivity index (χ2v) is 2.64. The number of rotatable bonds is 3. The van der Waals surface area contributed by atoms with E-state index in [9.17, 15) is 10.0 Å². The van der Waals surface area contributed by atoms with Crippen LogP contribution in [0, 0.1) is 0 Å². The zero-order chi connectivity index (χ0) is 8.97. The van der Waals surface area contributed by atoms with Crippen LogP contribution in [0.25, 0.3) is 0 Å². The van der Waals surface area contributed by atoms with E-state index >= 15 is 0 Å². The van der Waals surface area contributed by atoms with E-state index in [1.165, 1.54) is 0 Å². The predicted molar refractivity (Wildman–Crippen MR) is 46.4 cm³/mol. The highest BCUT2D eigenvalue weighted by Gasteiger charge is 2.11. The third kappa shape index (κ3) is 1.96. The number of hydrogen-bond donors (Lipinski definition) is 1. The number of anilines is 1. The Labute approximate surface area is 75.1 Å². The summed E-state index contributed by atoms with van der Waals surface area (Å²) < 4.78 is 0. The Morgan fingerprint density at radius 2 is 2.00 bits per heavy atom. The van der Waals surface area contributed by atoms with Crippen molar-refractivity contribution in [2.45, 2.75) is 5.50 Å². The minimum Gasteiger partial charge on any atom is -0.300 e. The SMILES string of the molecule is O=C[C@H](Cl)N(O)c1ccccc1. The van der Waals surface area contributed by atoms with Crippen LogP contribution in [0.2, 0.25) is 0 Å². The molecule has 1 rings (SSSR count). The molecule has 64 valence electrons. The molecule has 0 aromatic heterocycles. The molecule has 0 saturated heterocycles. The Morgan fingerprint density at radius 1 is 1.42 bits per heavy atom. The van der Waals surface area contributed by atoms with Crippen LogP contribution >= 0.6 is 11.6 Å². The topological polar surface area (TPSA) is 40.5 Å². The number of halogens is 1. The first-order chi connectivity index (χ1) is 5.75. The van der Waals surface area contributed by atoms with Crippen molar-refractivity contribution >= 4 is 23.6 Å². The van der Waals surface area contributed by atoms with Gasteiger partial charge in [-0.2, -0.15) is 0 Å². The summed E-state index contributed by atoms with van der Waals surface area (Å²) in [4.78, 5) is 10.2.